The SMILES string of the molecule is Cc1c(NCC(O)CCl)ccc([N+](=O)[O-])c1F. The fourth-order valence-electron chi connectivity index (χ4n) is 1.29. The van der Waals surface area contributed by atoms with Gasteiger partial charge in [-0.3, -0.25) is 10.1 Å². The maximum absolute atomic E-state index is 13.5. The molecule has 0 saturated carbocycles. The Morgan fingerprint density at radius 2 is 2.29 bits per heavy atom. The van der Waals surface area contributed by atoms with Gasteiger partial charge in [0.25, 0.3) is 0 Å². The van der Waals surface area contributed by atoms with Crippen LogP contribution in [0, 0.1) is 22.9 Å². The van der Waals surface area contributed by atoms with Gasteiger partial charge >= 0.3 is 5.69 Å². The Balaban J connectivity index is 2.89. The molecule has 0 radical (unpaired) electrons. The first kappa shape index (κ1) is 13.7. The number of benzene rings is 1. The molecule has 1 aromatic rings. The number of rotatable bonds is 5. The molecule has 0 aliphatic heterocycles. The van der Waals surface area contributed by atoms with Gasteiger partial charge in [0.2, 0.25) is 5.82 Å². The lowest BCUT2D eigenvalue weighted by molar-refractivity contribution is -0.387. The van der Waals surface area contributed by atoms with E-state index in [1.54, 1.807) is 0 Å². The highest BCUT2D eigenvalue weighted by Gasteiger charge is 2.18. The van der Waals surface area contributed by atoms with Crippen LogP contribution in [0.25, 0.3) is 0 Å². The minimum Gasteiger partial charge on any atom is -0.390 e. The number of nitro benzene ring substituents is 1. The lowest BCUT2D eigenvalue weighted by Gasteiger charge is -2.12. The van der Waals surface area contributed by atoms with Crippen molar-refractivity contribution in [2.75, 3.05) is 17.7 Å². The molecule has 1 rings (SSSR count). The van der Waals surface area contributed by atoms with Crippen molar-refractivity contribution in [2.24, 2.45) is 0 Å². The second-order valence-electron chi connectivity index (χ2n) is 3.52. The van der Waals surface area contributed by atoms with Gasteiger partial charge in [0.1, 0.15) is 0 Å². The number of nitro groups is 1. The molecule has 17 heavy (non-hydrogen) atoms. The molecule has 1 unspecified atom stereocenters. The zero-order chi connectivity index (χ0) is 13.0. The van der Waals surface area contributed by atoms with Gasteiger partial charge in [-0.1, -0.05) is 0 Å². The Bertz CT molecular complexity index is 428. The van der Waals surface area contributed by atoms with E-state index in [4.69, 9.17) is 11.6 Å². The smallest absolute Gasteiger partial charge is 0.305 e. The minimum absolute atomic E-state index is 0.0571. The Morgan fingerprint density at radius 3 is 2.82 bits per heavy atom. The van der Waals surface area contributed by atoms with Crippen LogP contribution in [-0.2, 0) is 0 Å². The molecule has 2 N–H and O–H groups in total. The third-order valence-electron chi connectivity index (χ3n) is 2.27. The average molecular weight is 263 g/mol. The largest absolute Gasteiger partial charge is 0.390 e. The van der Waals surface area contributed by atoms with E-state index >= 15 is 0 Å². The summed E-state index contributed by atoms with van der Waals surface area (Å²) in [6.07, 6.45) is -0.755. The van der Waals surface area contributed by atoms with E-state index in [-0.39, 0.29) is 18.0 Å². The summed E-state index contributed by atoms with van der Waals surface area (Å²) in [5.41, 5.74) is -0.0239. The van der Waals surface area contributed by atoms with Crippen molar-refractivity contribution in [1.82, 2.24) is 0 Å². The molecular formula is C10H12ClFN2O3. The average Bonchev–Trinajstić information content (AvgIpc) is 2.30. The van der Waals surface area contributed by atoms with Crippen LogP contribution in [0.3, 0.4) is 0 Å². The third kappa shape index (κ3) is 3.28. The van der Waals surface area contributed by atoms with Crippen LogP contribution in [-0.4, -0.2) is 28.6 Å². The summed E-state index contributed by atoms with van der Waals surface area (Å²) >= 11 is 5.40. The predicted octanol–water partition coefficient (Wildman–Crippen LogP) is 2.05. The van der Waals surface area contributed by atoms with E-state index in [0.29, 0.717) is 5.69 Å². The first-order valence-corrected chi connectivity index (χ1v) is 5.42. The minimum atomic E-state index is -0.875. The summed E-state index contributed by atoms with van der Waals surface area (Å²) < 4.78 is 13.5. The molecule has 0 aromatic heterocycles. The summed E-state index contributed by atoms with van der Waals surface area (Å²) in [4.78, 5) is 9.71. The van der Waals surface area contributed by atoms with Gasteiger partial charge in [-0.25, -0.2) is 0 Å². The molecule has 0 saturated heterocycles. The van der Waals surface area contributed by atoms with Crippen molar-refractivity contribution in [3.8, 4) is 0 Å². The second-order valence-corrected chi connectivity index (χ2v) is 3.83. The van der Waals surface area contributed by atoms with Crippen molar-refractivity contribution in [2.45, 2.75) is 13.0 Å². The zero-order valence-corrected chi connectivity index (χ0v) is 9.87. The highest BCUT2D eigenvalue weighted by molar-refractivity contribution is 6.18. The number of aliphatic hydroxyl groups is 1. The van der Waals surface area contributed by atoms with Crippen molar-refractivity contribution in [1.29, 1.82) is 0 Å². The van der Waals surface area contributed by atoms with E-state index in [2.05, 4.69) is 5.32 Å². The molecule has 0 spiro atoms. The number of nitrogens with one attached hydrogen (secondary N) is 1. The lowest BCUT2D eigenvalue weighted by Crippen LogP contribution is -2.21. The van der Waals surface area contributed by atoms with Gasteiger partial charge in [-0.05, 0) is 13.0 Å². The zero-order valence-electron chi connectivity index (χ0n) is 9.11. The van der Waals surface area contributed by atoms with E-state index in [9.17, 15) is 19.6 Å². The molecule has 0 fully saturated rings. The fourth-order valence-corrected chi connectivity index (χ4v) is 1.39. The maximum atomic E-state index is 13.5. The van der Waals surface area contributed by atoms with Crippen molar-refractivity contribution in [3.63, 3.8) is 0 Å². The first-order chi connectivity index (χ1) is 7.97. The standard InChI is InChI=1S/C10H12ClFN2O3/c1-6-8(13-5-7(15)4-11)2-3-9(10(6)12)14(16)17/h2-3,7,13,15H,4-5H2,1H3. The number of hydrogen-bond donors (Lipinski definition) is 2. The van der Waals surface area contributed by atoms with Crippen molar-refractivity contribution < 1.29 is 14.4 Å². The van der Waals surface area contributed by atoms with E-state index in [0.717, 1.165) is 6.07 Å². The molecule has 0 amide bonds. The number of nitrogens with zero attached hydrogens (tertiary/aromatic N) is 1. The molecule has 94 valence electrons. The molecule has 5 nitrogen and oxygen atoms in total. The topological polar surface area (TPSA) is 75.4 Å². The van der Waals surface area contributed by atoms with Crippen molar-refractivity contribution >= 4 is 23.0 Å². The number of hydrogen-bond acceptors (Lipinski definition) is 4. The Hall–Kier alpha value is -1.40. The van der Waals surface area contributed by atoms with Gasteiger partial charge < -0.3 is 10.4 Å². The summed E-state index contributed by atoms with van der Waals surface area (Å²) in [5, 5.41) is 22.5. The quantitative estimate of drug-likeness (QED) is 0.484. The van der Waals surface area contributed by atoms with E-state index in [1.165, 1.54) is 13.0 Å². The van der Waals surface area contributed by atoms with Crippen LogP contribution < -0.4 is 5.32 Å². The maximum Gasteiger partial charge on any atom is 0.305 e. The van der Waals surface area contributed by atoms with Crippen molar-refractivity contribution in [3.05, 3.63) is 33.6 Å². The fraction of sp³-hybridized carbons (Fsp3) is 0.400. The lowest BCUT2D eigenvalue weighted by atomic mass is 10.1. The summed E-state index contributed by atoms with van der Waals surface area (Å²) in [6.45, 7) is 1.58. The second kappa shape index (κ2) is 5.79. The van der Waals surface area contributed by atoms with E-state index < -0.39 is 22.5 Å². The Kier molecular flexibility index (Phi) is 4.65. The summed E-state index contributed by atoms with van der Waals surface area (Å²) in [7, 11) is 0. The van der Waals surface area contributed by atoms with E-state index in [1.807, 2.05) is 0 Å². The van der Waals surface area contributed by atoms with Gasteiger partial charge in [0, 0.05) is 23.9 Å². The monoisotopic (exact) mass is 262 g/mol. The summed E-state index contributed by atoms with van der Waals surface area (Å²) in [5.74, 6) is -0.818. The number of anilines is 1. The molecule has 0 aliphatic rings. The third-order valence-corrected chi connectivity index (χ3v) is 2.63. The Morgan fingerprint density at radius 1 is 1.65 bits per heavy atom. The van der Waals surface area contributed by atoms with Crippen LogP contribution in [0.15, 0.2) is 12.1 Å². The Labute approximate surface area is 102 Å². The van der Waals surface area contributed by atoms with Crippen LogP contribution >= 0.6 is 11.6 Å². The molecule has 7 heteroatoms. The van der Waals surface area contributed by atoms with Crippen LogP contribution in [0.2, 0.25) is 0 Å². The van der Waals surface area contributed by atoms with Crippen LogP contribution in [0.5, 0.6) is 0 Å². The van der Waals surface area contributed by atoms with Gasteiger partial charge in [-0.2, -0.15) is 4.39 Å². The number of halogens is 2. The van der Waals surface area contributed by atoms with Gasteiger partial charge in [0.15, 0.2) is 0 Å². The molecule has 0 bridgehead atoms. The molecule has 0 aliphatic carbocycles. The number of alkyl halides is 1. The van der Waals surface area contributed by atoms with Gasteiger partial charge in [-0.15, -0.1) is 11.6 Å². The molecule has 1 aromatic carbocycles. The predicted molar refractivity (Wildman–Crippen MR) is 63.0 cm³/mol. The molecule has 1 atom stereocenters. The van der Waals surface area contributed by atoms with Crippen LogP contribution in [0.4, 0.5) is 15.8 Å². The molecule has 0 heterocycles. The summed E-state index contributed by atoms with van der Waals surface area (Å²) in [6, 6.07) is 2.48. The molecular weight excluding hydrogens is 251 g/mol. The van der Waals surface area contributed by atoms with Crippen LogP contribution in [0.1, 0.15) is 5.56 Å². The highest BCUT2D eigenvalue weighted by Crippen LogP contribution is 2.26. The normalized spacial score (nSPS) is 12.2. The highest BCUT2D eigenvalue weighted by atomic mass is 35.5. The van der Waals surface area contributed by atoms with Gasteiger partial charge in [0.05, 0.1) is 16.9 Å². The first-order valence-electron chi connectivity index (χ1n) is 4.88. The number of aliphatic hydroxyl groups excluding tert-OH is 1.